The Kier molecular flexibility index (Phi) is 4.83. The summed E-state index contributed by atoms with van der Waals surface area (Å²) in [5.41, 5.74) is 5.33. The Balaban J connectivity index is 3.86. The average Bonchev–Trinajstić information content (AvgIpc) is 2.03. The zero-order chi connectivity index (χ0) is 10.5. The Morgan fingerprint density at radius 2 is 2.15 bits per heavy atom. The SMILES string of the molecule is CCC(F)(F)C[C@@H](N)CC(=O)OC. The maximum absolute atomic E-state index is 12.7. The number of carbonyl (C=O) groups excluding carboxylic acids is 1. The minimum Gasteiger partial charge on any atom is -0.469 e. The van der Waals surface area contributed by atoms with Gasteiger partial charge in [0.1, 0.15) is 0 Å². The van der Waals surface area contributed by atoms with Crippen LogP contribution in [0, 0.1) is 0 Å². The van der Waals surface area contributed by atoms with Crippen LogP contribution in [-0.2, 0) is 9.53 Å². The van der Waals surface area contributed by atoms with Crippen molar-refractivity contribution >= 4 is 5.97 Å². The van der Waals surface area contributed by atoms with Crippen molar-refractivity contribution in [1.29, 1.82) is 0 Å². The summed E-state index contributed by atoms with van der Waals surface area (Å²) < 4.78 is 29.8. The molecule has 0 aliphatic carbocycles. The summed E-state index contributed by atoms with van der Waals surface area (Å²) in [6.45, 7) is 1.38. The standard InChI is InChI=1S/C8H15F2NO2/c1-3-8(9,10)5-6(11)4-7(12)13-2/h6H,3-5,11H2,1-2H3/t6-/m0/s1. The van der Waals surface area contributed by atoms with Crippen molar-refractivity contribution in [3.8, 4) is 0 Å². The fourth-order valence-corrected chi connectivity index (χ4v) is 0.898. The number of esters is 1. The second-order valence-electron chi connectivity index (χ2n) is 2.95. The number of nitrogens with two attached hydrogens (primary N) is 1. The molecule has 0 spiro atoms. The monoisotopic (exact) mass is 195 g/mol. The number of ether oxygens (including phenoxy) is 1. The van der Waals surface area contributed by atoms with Gasteiger partial charge in [-0.25, -0.2) is 8.78 Å². The normalized spacial score (nSPS) is 13.9. The number of rotatable bonds is 5. The molecule has 0 radical (unpaired) electrons. The van der Waals surface area contributed by atoms with Gasteiger partial charge in [0.25, 0.3) is 0 Å². The summed E-state index contributed by atoms with van der Waals surface area (Å²) >= 11 is 0. The van der Waals surface area contributed by atoms with Crippen LogP contribution in [-0.4, -0.2) is 25.0 Å². The van der Waals surface area contributed by atoms with Gasteiger partial charge < -0.3 is 10.5 Å². The van der Waals surface area contributed by atoms with Crippen LogP contribution >= 0.6 is 0 Å². The van der Waals surface area contributed by atoms with Crippen molar-refractivity contribution in [3.05, 3.63) is 0 Å². The summed E-state index contributed by atoms with van der Waals surface area (Å²) in [6.07, 6.45) is -0.896. The Labute approximate surface area is 76.2 Å². The van der Waals surface area contributed by atoms with E-state index in [1.807, 2.05) is 0 Å². The molecule has 5 heteroatoms. The summed E-state index contributed by atoms with van der Waals surface area (Å²) in [5, 5.41) is 0. The quantitative estimate of drug-likeness (QED) is 0.673. The molecule has 78 valence electrons. The predicted octanol–water partition coefficient (Wildman–Crippen LogP) is 1.31. The van der Waals surface area contributed by atoms with E-state index in [2.05, 4.69) is 4.74 Å². The van der Waals surface area contributed by atoms with Gasteiger partial charge in [-0.15, -0.1) is 0 Å². The van der Waals surface area contributed by atoms with E-state index in [4.69, 9.17) is 5.73 Å². The third-order valence-corrected chi connectivity index (χ3v) is 1.73. The van der Waals surface area contributed by atoms with E-state index in [0.717, 1.165) is 0 Å². The molecule has 0 rings (SSSR count). The van der Waals surface area contributed by atoms with Crippen molar-refractivity contribution in [1.82, 2.24) is 0 Å². The number of carbonyl (C=O) groups is 1. The van der Waals surface area contributed by atoms with Gasteiger partial charge in [-0.1, -0.05) is 6.92 Å². The largest absolute Gasteiger partial charge is 0.469 e. The lowest BCUT2D eigenvalue weighted by atomic mass is 10.0. The molecule has 1 atom stereocenters. The van der Waals surface area contributed by atoms with Gasteiger partial charge in [-0.3, -0.25) is 4.79 Å². The van der Waals surface area contributed by atoms with Gasteiger partial charge in [0.05, 0.1) is 13.5 Å². The first-order chi connectivity index (χ1) is 5.91. The lowest BCUT2D eigenvalue weighted by molar-refractivity contribution is -0.141. The molecular weight excluding hydrogens is 180 g/mol. The second-order valence-corrected chi connectivity index (χ2v) is 2.95. The Morgan fingerprint density at radius 3 is 2.54 bits per heavy atom. The van der Waals surface area contributed by atoms with Crippen LogP contribution in [0.15, 0.2) is 0 Å². The molecule has 0 aliphatic heterocycles. The van der Waals surface area contributed by atoms with Crippen molar-refractivity contribution in [2.45, 2.75) is 38.2 Å². The fraction of sp³-hybridized carbons (Fsp3) is 0.875. The molecular formula is C8H15F2NO2. The van der Waals surface area contributed by atoms with Gasteiger partial charge in [0, 0.05) is 18.9 Å². The van der Waals surface area contributed by atoms with Crippen LogP contribution in [0.25, 0.3) is 0 Å². The first-order valence-corrected chi connectivity index (χ1v) is 4.11. The van der Waals surface area contributed by atoms with Crippen molar-refractivity contribution in [3.63, 3.8) is 0 Å². The lowest BCUT2D eigenvalue weighted by Gasteiger charge is -2.18. The molecule has 0 saturated carbocycles. The van der Waals surface area contributed by atoms with Crippen LogP contribution in [0.2, 0.25) is 0 Å². The van der Waals surface area contributed by atoms with Crippen molar-refractivity contribution < 1.29 is 18.3 Å². The average molecular weight is 195 g/mol. The molecule has 0 aliphatic rings. The van der Waals surface area contributed by atoms with E-state index in [-0.39, 0.29) is 12.8 Å². The van der Waals surface area contributed by atoms with E-state index in [1.165, 1.54) is 14.0 Å². The topological polar surface area (TPSA) is 52.3 Å². The molecule has 13 heavy (non-hydrogen) atoms. The zero-order valence-corrected chi connectivity index (χ0v) is 7.85. The van der Waals surface area contributed by atoms with Crippen LogP contribution in [0.1, 0.15) is 26.2 Å². The van der Waals surface area contributed by atoms with Gasteiger partial charge in [-0.2, -0.15) is 0 Å². The van der Waals surface area contributed by atoms with Crippen LogP contribution in [0.4, 0.5) is 8.78 Å². The molecule has 0 saturated heterocycles. The molecule has 0 heterocycles. The summed E-state index contributed by atoms with van der Waals surface area (Å²) in [7, 11) is 1.20. The minimum atomic E-state index is -2.78. The molecule has 0 bridgehead atoms. The Hall–Kier alpha value is -0.710. The highest BCUT2D eigenvalue weighted by Gasteiger charge is 2.29. The number of alkyl halides is 2. The molecule has 0 aromatic carbocycles. The lowest BCUT2D eigenvalue weighted by Crippen LogP contribution is -2.32. The number of halogens is 2. The third-order valence-electron chi connectivity index (χ3n) is 1.73. The summed E-state index contributed by atoms with van der Waals surface area (Å²) in [5.74, 6) is -3.34. The summed E-state index contributed by atoms with van der Waals surface area (Å²) in [6, 6.07) is -0.831. The minimum absolute atomic E-state index is 0.161. The van der Waals surface area contributed by atoms with E-state index in [9.17, 15) is 13.6 Å². The highest BCUT2D eigenvalue weighted by molar-refractivity contribution is 5.69. The maximum atomic E-state index is 12.7. The number of hydrogen-bond donors (Lipinski definition) is 1. The van der Waals surface area contributed by atoms with E-state index in [1.54, 1.807) is 0 Å². The van der Waals surface area contributed by atoms with Crippen LogP contribution in [0.5, 0.6) is 0 Å². The van der Waals surface area contributed by atoms with E-state index < -0.39 is 24.4 Å². The highest BCUT2D eigenvalue weighted by atomic mass is 19.3. The molecule has 0 aromatic heterocycles. The van der Waals surface area contributed by atoms with Crippen molar-refractivity contribution in [2.75, 3.05) is 7.11 Å². The predicted molar refractivity (Wildman–Crippen MR) is 44.5 cm³/mol. The molecule has 2 N–H and O–H groups in total. The molecule has 0 amide bonds. The fourth-order valence-electron chi connectivity index (χ4n) is 0.898. The highest BCUT2D eigenvalue weighted by Crippen LogP contribution is 2.24. The van der Waals surface area contributed by atoms with Crippen LogP contribution < -0.4 is 5.73 Å². The second kappa shape index (κ2) is 5.11. The van der Waals surface area contributed by atoms with Gasteiger partial charge >= 0.3 is 5.97 Å². The molecule has 0 unspecified atom stereocenters. The number of methoxy groups -OCH3 is 1. The smallest absolute Gasteiger partial charge is 0.307 e. The molecule has 0 aromatic rings. The Bertz CT molecular complexity index is 174. The summed E-state index contributed by atoms with van der Waals surface area (Å²) in [4.78, 5) is 10.6. The first-order valence-electron chi connectivity index (χ1n) is 4.11. The number of hydrogen-bond acceptors (Lipinski definition) is 3. The molecule has 3 nitrogen and oxygen atoms in total. The van der Waals surface area contributed by atoms with E-state index in [0.29, 0.717) is 0 Å². The Morgan fingerprint density at radius 1 is 1.62 bits per heavy atom. The first kappa shape index (κ1) is 12.3. The molecule has 0 fully saturated rings. The van der Waals surface area contributed by atoms with Gasteiger partial charge in [0.15, 0.2) is 0 Å². The van der Waals surface area contributed by atoms with E-state index >= 15 is 0 Å². The maximum Gasteiger partial charge on any atom is 0.307 e. The van der Waals surface area contributed by atoms with Gasteiger partial charge in [-0.05, 0) is 0 Å². The van der Waals surface area contributed by atoms with Crippen LogP contribution in [0.3, 0.4) is 0 Å². The van der Waals surface area contributed by atoms with Crippen molar-refractivity contribution in [2.24, 2.45) is 5.73 Å². The third kappa shape index (κ3) is 5.52. The van der Waals surface area contributed by atoms with Gasteiger partial charge in [0.2, 0.25) is 5.92 Å². The zero-order valence-electron chi connectivity index (χ0n) is 7.85.